The number of benzene rings is 1. The van der Waals surface area contributed by atoms with Gasteiger partial charge in [0.05, 0.1) is 22.3 Å². The van der Waals surface area contributed by atoms with Gasteiger partial charge in [0.2, 0.25) is 0 Å². The van der Waals surface area contributed by atoms with Crippen molar-refractivity contribution in [1.29, 1.82) is 0 Å². The van der Waals surface area contributed by atoms with E-state index in [1.165, 1.54) is 0 Å². The molecule has 1 aliphatic rings. The van der Waals surface area contributed by atoms with Gasteiger partial charge in [-0.05, 0) is 6.07 Å². The summed E-state index contributed by atoms with van der Waals surface area (Å²) in [5.74, 6) is 0.773. The summed E-state index contributed by atoms with van der Waals surface area (Å²) in [5, 5.41) is 4.39. The van der Waals surface area contributed by atoms with Crippen molar-refractivity contribution in [3.8, 4) is 5.75 Å². The van der Waals surface area contributed by atoms with Crippen molar-refractivity contribution in [3.63, 3.8) is 0 Å². The Balaban J connectivity index is 2.36. The van der Waals surface area contributed by atoms with E-state index in [2.05, 4.69) is 19.2 Å². The Bertz CT molecular complexity index is 355. The van der Waals surface area contributed by atoms with Crippen molar-refractivity contribution in [2.24, 2.45) is 5.41 Å². The molecule has 0 amide bonds. The minimum Gasteiger partial charge on any atom is -0.491 e. The fourth-order valence-electron chi connectivity index (χ4n) is 1.44. The lowest BCUT2D eigenvalue weighted by atomic mass is 9.95. The summed E-state index contributed by atoms with van der Waals surface area (Å²) in [5.41, 5.74) is 1.02. The average Bonchev–Trinajstić information content (AvgIpc) is 2.29. The maximum atomic E-state index is 5.94. The summed E-state index contributed by atoms with van der Waals surface area (Å²) in [7, 11) is 0. The first kappa shape index (κ1) is 10.9. The Hall–Kier alpha value is -0.600. The highest BCUT2D eigenvalue weighted by Crippen LogP contribution is 2.37. The molecule has 0 aliphatic carbocycles. The summed E-state index contributed by atoms with van der Waals surface area (Å²) in [4.78, 5) is 0. The molecular formula is C11H13Cl2NO. The molecule has 4 heteroatoms. The zero-order valence-electron chi connectivity index (χ0n) is 8.73. The number of anilines is 1. The van der Waals surface area contributed by atoms with E-state index in [1.54, 1.807) is 12.1 Å². The highest BCUT2D eigenvalue weighted by Gasteiger charge is 2.24. The van der Waals surface area contributed by atoms with E-state index in [0.29, 0.717) is 16.7 Å². The third kappa shape index (κ3) is 2.32. The molecule has 1 aromatic rings. The Morgan fingerprint density at radius 2 is 1.93 bits per heavy atom. The van der Waals surface area contributed by atoms with Crippen molar-refractivity contribution in [3.05, 3.63) is 22.2 Å². The normalized spacial score (nSPS) is 18.4. The molecule has 82 valence electrons. The summed E-state index contributed by atoms with van der Waals surface area (Å²) in [6, 6.07) is 3.56. The van der Waals surface area contributed by atoms with E-state index in [4.69, 9.17) is 27.9 Å². The Labute approximate surface area is 99.5 Å². The van der Waals surface area contributed by atoms with Gasteiger partial charge in [-0.25, -0.2) is 0 Å². The number of fused-ring (bicyclic) bond motifs is 1. The van der Waals surface area contributed by atoms with Crippen molar-refractivity contribution in [1.82, 2.24) is 0 Å². The number of hydrogen-bond donors (Lipinski definition) is 1. The molecule has 0 radical (unpaired) electrons. The second-order valence-electron chi connectivity index (χ2n) is 4.57. The van der Waals surface area contributed by atoms with Crippen LogP contribution in [0.15, 0.2) is 12.1 Å². The molecule has 0 fully saturated rings. The molecule has 15 heavy (non-hydrogen) atoms. The van der Waals surface area contributed by atoms with Gasteiger partial charge >= 0.3 is 0 Å². The Morgan fingerprint density at radius 1 is 1.27 bits per heavy atom. The van der Waals surface area contributed by atoms with Crippen LogP contribution in [0.25, 0.3) is 0 Å². The van der Waals surface area contributed by atoms with Gasteiger partial charge in [-0.1, -0.05) is 37.0 Å². The maximum absolute atomic E-state index is 5.94. The quantitative estimate of drug-likeness (QED) is 0.751. The third-order valence-electron chi connectivity index (χ3n) is 2.40. The standard InChI is InChI=1S/C11H13Cl2NO/c1-11(2)5-14-9-3-7(12)8(13)4-10(9)15-6-11/h3-4,14H,5-6H2,1-2H3. The molecule has 0 spiro atoms. The second kappa shape index (κ2) is 3.76. The van der Waals surface area contributed by atoms with Gasteiger partial charge in [0.25, 0.3) is 0 Å². The van der Waals surface area contributed by atoms with Crippen molar-refractivity contribution >= 4 is 28.9 Å². The summed E-state index contributed by atoms with van der Waals surface area (Å²) in [6.45, 7) is 5.83. The summed E-state index contributed by atoms with van der Waals surface area (Å²) >= 11 is 11.9. The van der Waals surface area contributed by atoms with Crippen LogP contribution in [-0.2, 0) is 0 Å². The van der Waals surface area contributed by atoms with Gasteiger partial charge in [0, 0.05) is 18.0 Å². The van der Waals surface area contributed by atoms with E-state index >= 15 is 0 Å². The van der Waals surface area contributed by atoms with Crippen molar-refractivity contribution in [2.45, 2.75) is 13.8 Å². The number of nitrogens with one attached hydrogen (secondary N) is 1. The Morgan fingerprint density at radius 3 is 2.67 bits per heavy atom. The smallest absolute Gasteiger partial charge is 0.144 e. The van der Waals surface area contributed by atoms with Crippen LogP contribution in [0, 0.1) is 5.41 Å². The lowest BCUT2D eigenvalue weighted by Gasteiger charge is -2.20. The minimum atomic E-state index is 0.109. The summed E-state index contributed by atoms with van der Waals surface area (Å²) < 4.78 is 5.69. The molecule has 1 heterocycles. The van der Waals surface area contributed by atoms with Gasteiger partial charge in [0.1, 0.15) is 5.75 Å². The van der Waals surface area contributed by atoms with Crippen LogP contribution in [0.4, 0.5) is 5.69 Å². The maximum Gasteiger partial charge on any atom is 0.144 e. The molecular weight excluding hydrogens is 233 g/mol. The van der Waals surface area contributed by atoms with Crippen LogP contribution < -0.4 is 10.1 Å². The molecule has 0 aromatic heterocycles. The van der Waals surface area contributed by atoms with Gasteiger partial charge in [-0.3, -0.25) is 0 Å². The molecule has 1 N–H and O–H groups in total. The first-order valence-corrected chi connectivity index (χ1v) is 5.59. The van der Waals surface area contributed by atoms with Gasteiger partial charge in [-0.15, -0.1) is 0 Å². The van der Waals surface area contributed by atoms with Gasteiger partial charge in [-0.2, -0.15) is 0 Å². The minimum absolute atomic E-state index is 0.109. The molecule has 1 aliphatic heterocycles. The molecule has 0 bridgehead atoms. The number of rotatable bonds is 0. The van der Waals surface area contributed by atoms with Crippen LogP contribution >= 0.6 is 23.2 Å². The zero-order valence-corrected chi connectivity index (χ0v) is 10.2. The first-order valence-electron chi connectivity index (χ1n) is 4.84. The van der Waals surface area contributed by atoms with Crippen LogP contribution in [0.3, 0.4) is 0 Å². The van der Waals surface area contributed by atoms with E-state index in [9.17, 15) is 0 Å². The number of halogens is 2. The predicted molar refractivity (Wildman–Crippen MR) is 64.2 cm³/mol. The predicted octanol–water partition coefficient (Wildman–Crippen LogP) is 3.82. The number of ether oxygens (including phenoxy) is 1. The van der Waals surface area contributed by atoms with Gasteiger partial charge in [0.15, 0.2) is 0 Å². The molecule has 2 nitrogen and oxygen atoms in total. The molecule has 0 atom stereocenters. The molecule has 1 aromatic carbocycles. The molecule has 0 saturated heterocycles. The average molecular weight is 246 g/mol. The highest BCUT2D eigenvalue weighted by atomic mass is 35.5. The monoisotopic (exact) mass is 245 g/mol. The van der Waals surface area contributed by atoms with Crippen LogP contribution in [0.1, 0.15) is 13.8 Å². The van der Waals surface area contributed by atoms with E-state index in [1.807, 2.05) is 0 Å². The van der Waals surface area contributed by atoms with Crippen molar-refractivity contribution in [2.75, 3.05) is 18.5 Å². The fourth-order valence-corrected chi connectivity index (χ4v) is 1.76. The van der Waals surface area contributed by atoms with E-state index < -0.39 is 0 Å². The number of hydrogen-bond acceptors (Lipinski definition) is 2. The van der Waals surface area contributed by atoms with E-state index in [-0.39, 0.29) is 5.41 Å². The van der Waals surface area contributed by atoms with Crippen LogP contribution in [-0.4, -0.2) is 13.2 Å². The first-order chi connectivity index (χ1) is 6.98. The largest absolute Gasteiger partial charge is 0.491 e. The van der Waals surface area contributed by atoms with Crippen LogP contribution in [0.5, 0.6) is 5.75 Å². The molecule has 0 saturated carbocycles. The Kier molecular flexibility index (Phi) is 2.73. The van der Waals surface area contributed by atoms with Crippen LogP contribution in [0.2, 0.25) is 10.0 Å². The topological polar surface area (TPSA) is 21.3 Å². The summed E-state index contributed by atoms with van der Waals surface area (Å²) in [6.07, 6.45) is 0. The van der Waals surface area contributed by atoms with Gasteiger partial charge < -0.3 is 10.1 Å². The SMILES string of the molecule is CC1(C)CNc2cc(Cl)c(Cl)cc2OC1. The second-order valence-corrected chi connectivity index (χ2v) is 5.38. The highest BCUT2D eigenvalue weighted by molar-refractivity contribution is 6.42. The lowest BCUT2D eigenvalue weighted by molar-refractivity contribution is 0.200. The zero-order chi connectivity index (χ0) is 11.1. The van der Waals surface area contributed by atoms with Crippen molar-refractivity contribution < 1.29 is 4.74 Å². The lowest BCUT2D eigenvalue weighted by Crippen LogP contribution is -2.27. The molecule has 2 rings (SSSR count). The molecule has 0 unspecified atom stereocenters. The third-order valence-corrected chi connectivity index (χ3v) is 3.12. The fraction of sp³-hybridized carbons (Fsp3) is 0.455. The van der Waals surface area contributed by atoms with E-state index in [0.717, 1.165) is 18.0 Å².